The molecule has 0 fully saturated rings. The smallest absolute Gasteiger partial charge is 0.262 e. The molecule has 4 rings (SSSR count). The van der Waals surface area contributed by atoms with Crippen molar-refractivity contribution in [3.8, 4) is 0 Å². The number of hydrogen-bond donors (Lipinski definition) is 1. The predicted molar refractivity (Wildman–Crippen MR) is 115 cm³/mol. The Kier molecular flexibility index (Phi) is 5.10. The van der Waals surface area contributed by atoms with E-state index in [1.807, 2.05) is 30.3 Å². The van der Waals surface area contributed by atoms with Gasteiger partial charge in [0.1, 0.15) is 0 Å². The zero-order chi connectivity index (χ0) is 20.6. The first-order chi connectivity index (χ1) is 13.8. The first kappa shape index (κ1) is 19.9. The van der Waals surface area contributed by atoms with E-state index in [0.29, 0.717) is 24.0 Å². The molecular weight excluding hydrogens is 408 g/mol. The average Bonchev–Trinajstić information content (AvgIpc) is 2.72. The summed E-state index contributed by atoms with van der Waals surface area (Å²) < 4.78 is 54.6. The molecule has 1 aliphatic rings. The van der Waals surface area contributed by atoms with Crippen molar-refractivity contribution in [2.45, 2.75) is 24.8 Å². The van der Waals surface area contributed by atoms with Gasteiger partial charge in [-0.15, -0.1) is 0 Å². The first-order valence-corrected chi connectivity index (χ1v) is 12.5. The lowest BCUT2D eigenvalue weighted by molar-refractivity contribution is 0.392. The van der Waals surface area contributed by atoms with E-state index in [4.69, 9.17) is 0 Å². The van der Waals surface area contributed by atoms with Crippen LogP contribution in [0.25, 0.3) is 10.8 Å². The Morgan fingerprint density at radius 2 is 1.69 bits per heavy atom. The van der Waals surface area contributed by atoms with E-state index in [9.17, 15) is 16.8 Å². The molecule has 0 atom stereocenters. The highest BCUT2D eigenvalue weighted by atomic mass is 32.2. The van der Waals surface area contributed by atoms with Gasteiger partial charge in [0.15, 0.2) is 0 Å². The third-order valence-electron chi connectivity index (χ3n) is 5.23. The molecule has 0 spiro atoms. The SMILES string of the molecule is CCS(=O)(=O)N1CCc2ccc(NS(=O)(=O)c3cccc4ccccc34)cc2C1. The number of nitrogens with zero attached hydrogens (tertiary/aromatic N) is 1. The number of benzene rings is 3. The summed E-state index contributed by atoms with van der Waals surface area (Å²) in [6, 6.07) is 17.8. The Balaban J connectivity index is 1.66. The van der Waals surface area contributed by atoms with Gasteiger partial charge in [0, 0.05) is 24.2 Å². The minimum absolute atomic E-state index is 0.0513. The van der Waals surface area contributed by atoms with E-state index in [1.54, 1.807) is 37.3 Å². The second-order valence-electron chi connectivity index (χ2n) is 7.05. The monoisotopic (exact) mass is 430 g/mol. The normalized spacial score (nSPS) is 15.2. The zero-order valence-electron chi connectivity index (χ0n) is 16.0. The maximum absolute atomic E-state index is 13.0. The van der Waals surface area contributed by atoms with Crippen LogP contribution in [0.5, 0.6) is 0 Å². The van der Waals surface area contributed by atoms with Crippen LogP contribution in [0.15, 0.2) is 65.6 Å². The predicted octanol–water partition coefficient (Wildman–Crippen LogP) is 3.35. The molecule has 0 saturated heterocycles. The van der Waals surface area contributed by atoms with Crippen LogP contribution >= 0.6 is 0 Å². The van der Waals surface area contributed by atoms with Crippen LogP contribution in [0, 0.1) is 0 Å². The van der Waals surface area contributed by atoms with Gasteiger partial charge in [-0.1, -0.05) is 42.5 Å². The molecule has 0 saturated carbocycles. The Morgan fingerprint density at radius 3 is 2.48 bits per heavy atom. The van der Waals surface area contributed by atoms with Crippen molar-refractivity contribution < 1.29 is 16.8 Å². The molecule has 29 heavy (non-hydrogen) atoms. The maximum atomic E-state index is 13.0. The molecule has 0 amide bonds. The second kappa shape index (κ2) is 7.44. The van der Waals surface area contributed by atoms with Crippen LogP contribution < -0.4 is 4.72 Å². The molecule has 1 heterocycles. The molecule has 3 aromatic rings. The topological polar surface area (TPSA) is 83.6 Å². The van der Waals surface area contributed by atoms with Crippen molar-refractivity contribution in [1.29, 1.82) is 0 Å². The minimum atomic E-state index is -3.79. The van der Waals surface area contributed by atoms with Crippen LogP contribution in [-0.2, 0) is 33.0 Å². The Labute approximate surface area is 171 Å². The van der Waals surface area contributed by atoms with Crippen LogP contribution in [0.4, 0.5) is 5.69 Å². The van der Waals surface area contributed by atoms with Gasteiger partial charge < -0.3 is 0 Å². The van der Waals surface area contributed by atoms with E-state index in [2.05, 4.69) is 4.72 Å². The van der Waals surface area contributed by atoms with Gasteiger partial charge in [0.2, 0.25) is 10.0 Å². The number of anilines is 1. The summed E-state index contributed by atoms with van der Waals surface area (Å²) in [4.78, 5) is 0.212. The molecule has 1 aliphatic heterocycles. The standard InChI is InChI=1S/C21H22N2O4S2/c1-2-28(24,25)23-13-12-16-10-11-19(14-18(16)15-23)22-29(26,27)21-9-5-7-17-6-3-4-8-20(17)21/h3-11,14,22H,2,12-13,15H2,1H3. The second-order valence-corrected chi connectivity index (χ2v) is 11.0. The van der Waals surface area contributed by atoms with Crippen LogP contribution in [0.3, 0.4) is 0 Å². The fourth-order valence-electron chi connectivity index (χ4n) is 3.65. The zero-order valence-corrected chi connectivity index (χ0v) is 17.6. The van der Waals surface area contributed by atoms with Gasteiger partial charge in [-0.2, -0.15) is 4.31 Å². The number of rotatable bonds is 5. The summed E-state index contributed by atoms with van der Waals surface area (Å²) in [5.74, 6) is 0.0513. The van der Waals surface area contributed by atoms with E-state index in [-0.39, 0.29) is 17.2 Å². The molecular formula is C21H22N2O4S2. The summed E-state index contributed by atoms with van der Waals surface area (Å²) in [7, 11) is -7.08. The highest BCUT2D eigenvalue weighted by molar-refractivity contribution is 7.93. The maximum Gasteiger partial charge on any atom is 0.262 e. The van der Waals surface area contributed by atoms with Crippen molar-refractivity contribution in [2.24, 2.45) is 0 Å². The molecule has 0 aromatic heterocycles. The quantitative estimate of drug-likeness (QED) is 0.673. The van der Waals surface area contributed by atoms with Crippen LogP contribution in [0.2, 0.25) is 0 Å². The largest absolute Gasteiger partial charge is 0.280 e. The van der Waals surface area contributed by atoms with Crippen molar-refractivity contribution in [3.05, 3.63) is 71.8 Å². The van der Waals surface area contributed by atoms with Gasteiger partial charge in [0.25, 0.3) is 10.0 Å². The molecule has 0 bridgehead atoms. The van der Waals surface area contributed by atoms with E-state index < -0.39 is 20.0 Å². The first-order valence-electron chi connectivity index (χ1n) is 9.40. The van der Waals surface area contributed by atoms with E-state index >= 15 is 0 Å². The Hall–Kier alpha value is -2.42. The lowest BCUT2D eigenvalue weighted by Crippen LogP contribution is -2.36. The summed E-state index contributed by atoms with van der Waals surface area (Å²) >= 11 is 0. The van der Waals surface area contributed by atoms with Gasteiger partial charge in [-0.05, 0) is 48.1 Å². The Bertz CT molecular complexity index is 1280. The summed E-state index contributed by atoms with van der Waals surface area (Å²) in [6.07, 6.45) is 0.616. The van der Waals surface area contributed by atoms with Gasteiger partial charge in [-0.25, -0.2) is 16.8 Å². The van der Waals surface area contributed by atoms with Gasteiger partial charge in [-0.3, -0.25) is 4.72 Å². The lowest BCUT2D eigenvalue weighted by Gasteiger charge is -2.28. The Morgan fingerprint density at radius 1 is 0.931 bits per heavy atom. The summed E-state index contributed by atoms with van der Waals surface area (Å²) in [5.41, 5.74) is 2.29. The molecule has 0 radical (unpaired) electrons. The van der Waals surface area contributed by atoms with Gasteiger partial charge in [0.05, 0.1) is 10.6 Å². The fourth-order valence-corrected chi connectivity index (χ4v) is 6.01. The van der Waals surface area contributed by atoms with Crippen molar-refractivity contribution in [2.75, 3.05) is 17.0 Å². The molecule has 0 aliphatic carbocycles. The lowest BCUT2D eigenvalue weighted by atomic mass is 10.0. The minimum Gasteiger partial charge on any atom is -0.280 e. The number of nitrogens with one attached hydrogen (secondary N) is 1. The van der Waals surface area contributed by atoms with Crippen LogP contribution in [0.1, 0.15) is 18.1 Å². The molecule has 1 N–H and O–H groups in total. The van der Waals surface area contributed by atoms with E-state index in [1.165, 1.54) is 4.31 Å². The average molecular weight is 431 g/mol. The third kappa shape index (κ3) is 3.88. The molecule has 8 heteroatoms. The van der Waals surface area contributed by atoms with Crippen LogP contribution in [-0.4, -0.2) is 33.4 Å². The number of fused-ring (bicyclic) bond motifs is 2. The molecule has 6 nitrogen and oxygen atoms in total. The number of hydrogen-bond acceptors (Lipinski definition) is 4. The third-order valence-corrected chi connectivity index (χ3v) is 8.50. The van der Waals surface area contributed by atoms with Crippen molar-refractivity contribution in [1.82, 2.24) is 4.31 Å². The van der Waals surface area contributed by atoms with Crippen molar-refractivity contribution >= 4 is 36.5 Å². The fraction of sp³-hybridized carbons (Fsp3) is 0.238. The summed E-state index contributed by atoms with van der Waals surface area (Å²) in [6.45, 7) is 2.33. The molecule has 0 unspecified atom stereocenters. The highest BCUT2D eigenvalue weighted by Gasteiger charge is 2.26. The molecule has 3 aromatic carbocycles. The highest BCUT2D eigenvalue weighted by Crippen LogP contribution is 2.28. The van der Waals surface area contributed by atoms with Crippen molar-refractivity contribution in [3.63, 3.8) is 0 Å². The van der Waals surface area contributed by atoms with E-state index in [0.717, 1.165) is 16.5 Å². The summed E-state index contributed by atoms with van der Waals surface area (Å²) in [5, 5.41) is 1.50. The number of sulfonamides is 2. The van der Waals surface area contributed by atoms with Gasteiger partial charge >= 0.3 is 0 Å². The molecule has 152 valence electrons.